The van der Waals surface area contributed by atoms with Crippen LogP contribution < -0.4 is 17.2 Å². The fourth-order valence-electron chi connectivity index (χ4n) is 0.974. The Labute approximate surface area is 66.2 Å². The van der Waals surface area contributed by atoms with Crippen LogP contribution in [0, 0.1) is 0 Å². The third kappa shape index (κ3) is 2.22. The quantitative estimate of drug-likeness (QED) is 0.413. The minimum atomic E-state index is -0.320. The molecule has 1 aromatic rings. The van der Waals surface area contributed by atoms with Crippen LogP contribution in [0.5, 0.6) is 0 Å². The highest BCUT2D eigenvalue weighted by molar-refractivity contribution is 5.46. The summed E-state index contributed by atoms with van der Waals surface area (Å²) in [6.07, 6.45) is 0.312. The van der Waals surface area contributed by atoms with Crippen molar-refractivity contribution < 1.29 is 0 Å². The van der Waals surface area contributed by atoms with Gasteiger partial charge in [0.15, 0.2) is 0 Å². The van der Waals surface area contributed by atoms with Crippen molar-refractivity contribution in [3.05, 3.63) is 29.8 Å². The van der Waals surface area contributed by atoms with Gasteiger partial charge in [0.1, 0.15) is 0 Å². The van der Waals surface area contributed by atoms with Gasteiger partial charge >= 0.3 is 0 Å². The Morgan fingerprint density at radius 1 is 1.18 bits per heavy atom. The van der Waals surface area contributed by atoms with Gasteiger partial charge in [-0.15, -0.1) is 0 Å². The van der Waals surface area contributed by atoms with E-state index in [-0.39, 0.29) is 6.17 Å². The molecule has 0 heterocycles. The average molecular weight is 151 g/mol. The van der Waals surface area contributed by atoms with Gasteiger partial charge in [-0.3, -0.25) is 0 Å². The maximum Gasteiger partial charge on any atom is 0.0563 e. The second-order valence-electron chi connectivity index (χ2n) is 2.57. The molecule has 0 bridgehead atoms. The summed E-state index contributed by atoms with van der Waals surface area (Å²) >= 11 is 0. The zero-order chi connectivity index (χ0) is 8.27. The largest absolute Gasteiger partial charge is 0.399 e. The smallest absolute Gasteiger partial charge is 0.0563 e. The Kier molecular flexibility index (Phi) is 2.46. The summed E-state index contributed by atoms with van der Waals surface area (Å²) < 4.78 is 0. The van der Waals surface area contributed by atoms with Gasteiger partial charge in [0.25, 0.3) is 0 Å². The molecule has 0 amide bonds. The number of hydrogen-bond acceptors (Lipinski definition) is 3. The first-order valence-corrected chi connectivity index (χ1v) is 3.54. The molecule has 0 spiro atoms. The fourth-order valence-corrected chi connectivity index (χ4v) is 0.974. The van der Waals surface area contributed by atoms with E-state index in [2.05, 4.69) is 0 Å². The highest BCUT2D eigenvalue weighted by Gasteiger charge is 1.99. The number of rotatable bonds is 2. The molecule has 11 heavy (non-hydrogen) atoms. The summed E-state index contributed by atoms with van der Waals surface area (Å²) in [7, 11) is 0. The normalized spacial score (nSPS) is 10.5. The van der Waals surface area contributed by atoms with Crippen LogP contribution in [0.4, 0.5) is 5.69 Å². The van der Waals surface area contributed by atoms with Crippen molar-refractivity contribution in [2.75, 3.05) is 5.73 Å². The summed E-state index contributed by atoms with van der Waals surface area (Å²) in [5.74, 6) is 0. The van der Waals surface area contributed by atoms with E-state index in [0.29, 0.717) is 6.42 Å². The second-order valence-corrected chi connectivity index (χ2v) is 2.57. The molecule has 0 fully saturated rings. The Morgan fingerprint density at radius 2 is 1.82 bits per heavy atom. The lowest BCUT2D eigenvalue weighted by Crippen LogP contribution is -2.32. The van der Waals surface area contributed by atoms with E-state index in [4.69, 9.17) is 17.2 Å². The Morgan fingerprint density at radius 3 is 2.36 bits per heavy atom. The van der Waals surface area contributed by atoms with Gasteiger partial charge in [0.2, 0.25) is 0 Å². The standard InChI is InChI=1S/C8H13N3/c9-7-4-2-1-3-6(7)5-8(10)11/h1-4,8H,5,9-11H2. The highest BCUT2D eigenvalue weighted by Crippen LogP contribution is 2.10. The van der Waals surface area contributed by atoms with Gasteiger partial charge in [-0.2, -0.15) is 0 Å². The lowest BCUT2D eigenvalue weighted by molar-refractivity contribution is 0.704. The van der Waals surface area contributed by atoms with E-state index in [1.165, 1.54) is 0 Å². The minimum Gasteiger partial charge on any atom is -0.399 e. The molecule has 1 rings (SSSR count). The molecule has 0 aliphatic heterocycles. The van der Waals surface area contributed by atoms with E-state index >= 15 is 0 Å². The van der Waals surface area contributed by atoms with Gasteiger partial charge in [-0.25, -0.2) is 0 Å². The summed E-state index contributed by atoms with van der Waals surface area (Å²) in [5.41, 5.74) is 18.3. The zero-order valence-electron chi connectivity index (χ0n) is 6.33. The summed E-state index contributed by atoms with van der Waals surface area (Å²) in [6, 6.07) is 7.59. The number of anilines is 1. The molecule has 0 aliphatic carbocycles. The Bertz CT molecular complexity index is 233. The molecule has 3 heteroatoms. The number of nitrogens with two attached hydrogens (primary N) is 3. The van der Waals surface area contributed by atoms with Crippen LogP contribution in [-0.4, -0.2) is 6.17 Å². The molecule has 3 nitrogen and oxygen atoms in total. The van der Waals surface area contributed by atoms with Crippen LogP contribution in [0.3, 0.4) is 0 Å². The van der Waals surface area contributed by atoms with Gasteiger partial charge in [0, 0.05) is 12.1 Å². The molecule has 1 aromatic carbocycles. The molecule has 6 N–H and O–H groups in total. The lowest BCUT2D eigenvalue weighted by atomic mass is 10.1. The Balaban J connectivity index is 2.78. The lowest BCUT2D eigenvalue weighted by Gasteiger charge is -2.07. The number of nitrogen functional groups attached to an aromatic ring is 1. The van der Waals surface area contributed by atoms with E-state index in [1.807, 2.05) is 24.3 Å². The van der Waals surface area contributed by atoms with Crippen LogP contribution in [0.1, 0.15) is 5.56 Å². The Hall–Kier alpha value is -1.06. The van der Waals surface area contributed by atoms with E-state index < -0.39 is 0 Å². The summed E-state index contributed by atoms with van der Waals surface area (Å²) in [5, 5.41) is 0. The zero-order valence-corrected chi connectivity index (χ0v) is 6.33. The van der Waals surface area contributed by atoms with Crippen molar-refractivity contribution in [3.63, 3.8) is 0 Å². The van der Waals surface area contributed by atoms with Crippen LogP contribution in [0.25, 0.3) is 0 Å². The van der Waals surface area contributed by atoms with E-state index in [1.54, 1.807) is 0 Å². The maximum atomic E-state index is 5.66. The average Bonchev–Trinajstić information content (AvgIpc) is 1.93. The van der Waals surface area contributed by atoms with Gasteiger partial charge in [-0.05, 0) is 11.6 Å². The number of para-hydroxylation sites is 1. The first kappa shape index (κ1) is 8.04. The van der Waals surface area contributed by atoms with Crippen LogP contribution >= 0.6 is 0 Å². The third-order valence-corrected chi connectivity index (χ3v) is 1.51. The maximum absolute atomic E-state index is 5.66. The van der Waals surface area contributed by atoms with E-state index in [0.717, 1.165) is 11.3 Å². The minimum absolute atomic E-state index is 0.320. The van der Waals surface area contributed by atoms with Gasteiger partial charge in [-0.1, -0.05) is 18.2 Å². The van der Waals surface area contributed by atoms with Gasteiger partial charge in [0.05, 0.1) is 6.17 Å². The van der Waals surface area contributed by atoms with Crippen LogP contribution in [0.15, 0.2) is 24.3 Å². The molecule has 0 radical (unpaired) electrons. The van der Waals surface area contributed by atoms with Crippen molar-refractivity contribution in [1.82, 2.24) is 0 Å². The number of hydrogen-bond donors (Lipinski definition) is 3. The molecule has 0 saturated carbocycles. The molecule has 0 unspecified atom stereocenters. The molecule has 0 aliphatic rings. The number of benzene rings is 1. The second kappa shape index (κ2) is 3.37. The molecular formula is C8H13N3. The molecule has 0 aromatic heterocycles. The fraction of sp³-hybridized carbons (Fsp3) is 0.250. The topological polar surface area (TPSA) is 78.1 Å². The highest BCUT2D eigenvalue weighted by atomic mass is 14.8. The molecule has 0 saturated heterocycles. The van der Waals surface area contributed by atoms with Crippen molar-refractivity contribution in [1.29, 1.82) is 0 Å². The predicted molar refractivity (Wildman–Crippen MR) is 46.7 cm³/mol. The first-order chi connectivity index (χ1) is 5.20. The van der Waals surface area contributed by atoms with E-state index in [9.17, 15) is 0 Å². The molecule has 0 atom stereocenters. The van der Waals surface area contributed by atoms with Crippen LogP contribution in [0.2, 0.25) is 0 Å². The van der Waals surface area contributed by atoms with Gasteiger partial charge < -0.3 is 17.2 Å². The first-order valence-electron chi connectivity index (χ1n) is 3.54. The predicted octanol–water partition coefficient (Wildman–Crippen LogP) is 0.0548. The monoisotopic (exact) mass is 151 g/mol. The molecule has 60 valence electrons. The van der Waals surface area contributed by atoms with Crippen molar-refractivity contribution in [2.24, 2.45) is 11.5 Å². The van der Waals surface area contributed by atoms with Crippen molar-refractivity contribution in [2.45, 2.75) is 12.6 Å². The molecular weight excluding hydrogens is 138 g/mol. The van der Waals surface area contributed by atoms with Crippen molar-refractivity contribution in [3.8, 4) is 0 Å². The SMILES string of the molecule is Nc1ccccc1CC(N)N. The van der Waals surface area contributed by atoms with Crippen molar-refractivity contribution >= 4 is 5.69 Å². The van der Waals surface area contributed by atoms with Crippen LogP contribution in [-0.2, 0) is 6.42 Å². The summed E-state index contributed by atoms with van der Waals surface area (Å²) in [4.78, 5) is 0. The third-order valence-electron chi connectivity index (χ3n) is 1.51. The summed E-state index contributed by atoms with van der Waals surface area (Å²) in [6.45, 7) is 0.